The van der Waals surface area contributed by atoms with Crippen LogP contribution < -0.4 is 9.64 Å². The first-order chi connectivity index (χ1) is 12.5. The molecule has 26 heavy (non-hydrogen) atoms. The smallest absolute Gasteiger partial charge is 0.118 e. The van der Waals surface area contributed by atoms with Gasteiger partial charge in [0.2, 0.25) is 0 Å². The summed E-state index contributed by atoms with van der Waals surface area (Å²) in [4.78, 5) is 2.27. The minimum absolute atomic E-state index is 0.727. The Kier molecular flexibility index (Phi) is 6.83. The van der Waals surface area contributed by atoms with Crippen LogP contribution in [0, 0.1) is 0 Å². The molecule has 0 N–H and O–H groups in total. The highest BCUT2D eigenvalue weighted by Gasteiger charge is 2.16. The van der Waals surface area contributed by atoms with Crippen LogP contribution >= 0.6 is 63.7 Å². The Bertz CT molecular complexity index is 861. The Morgan fingerprint density at radius 1 is 0.731 bits per heavy atom. The lowest BCUT2D eigenvalue weighted by Crippen LogP contribution is -2.17. The van der Waals surface area contributed by atoms with E-state index in [0.717, 1.165) is 41.6 Å². The normalized spacial score (nSPS) is 10.7. The van der Waals surface area contributed by atoms with Crippen LogP contribution in [0.4, 0.5) is 11.4 Å². The summed E-state index contributed by atoms with van der Waals surface area (Å²) in [6.45, 7) is 0.727. The minimum Gasteiger partial charge on any atom is -0.497 e. The van der Waals surface area contributed by atoms with Gasteiger partial charge in [0.1, 0.15) is 5.75 Å². The Morgan fingerprint density at radius 2 is 1.23 bits per heavy atom. The highest BCUT2D eigenvalue weighted by Crippen LogP contribution is 2.39. The quantitative estimate of drug-likeness (QED) is 0.292. The van der Waals surface area contributed by atoms with E-state index in [4.69, 9.17) is 4.74 Å². The van der Waals surface area contributed by atoms with E-state index in [0.29, 0.717) is 0 Å². The van der Waals surface area contributed by atoms with Gasteiger partial charge < -0.3 is 9.64 Å². The largest absolute Gasteiger partial charge is 0.497 e. The van der Waals surface area contributed by atoms with Crippen LogP contribution in [0.15, 0.2) is 78.6 Å². The van der Waals surface area contributed by atoms with Gasteiger partial charge in [0.05, 0.1) is 18.5 Å². The first-order valence-electron chi connectivity index (χ1n) is 7.78. The SMILES string of the molecule is COc1ccc(CN(c2ccc(Br)cc2Br)c2ccc(Br)cc2Br)cc1. The van der Waals surface area contributed by atoms with Gasteiger partial charge in [-0.15, -0.1) is 0 Å². The molecule has 0 amide bonds. The third-order valence-electron chi connectivity index (χ3n) is 3.90. The molecule has 0 spiro atoms. The van der Waals surface area contributed by atoms with Crippen LogP contribution in [0.3, 0.4) is 0 Å². The molecule has 0 aliphatic heterocycles. The van der Waals surface area contributed by atoms with Gasteiger partial charge in [0, 0.05) is 24.4 Å². The van der Waals surface area contributed by atoms with Crippen molar-refractivity contribution in [2.75, 3.05) is 12.0 Å². The average molecular weight is 605 g/mol. The summed E-state index contributed by atoms with van der Waals surface area (Å²) < 4.78 is 9.38. The fourth-order valence-corrected chi connectivity index (χ4v) is 5.14. The van der Waals surface area contributed by atoms with E-state index in [1.54, 1.807) is 7.11 Å². The molecule has 0 saturated carbocycles. The van der Waals surface area contributed by atoms with Crippen molar-refractivity contribution >= 4 is 75.1 Å². The number of nitrogens with zero attached hydrogens (tertiary/aromatic N) is 1. The van der Waals surface area contributed by atoms with E-state index >= 15 is 0 Å². The zero-order valence-electron chi connectivity index (χ0n) is 13.8. The lowest BCUT2D eigenvalue weighted by Gasteiger charge is -2.27. The van der Waals surface area contributed by atoms with Gasteiger partial charge in [-0.1, -0.05) is 44.0 Å². The summed E-state index contributed by atoms with van der Waals surface area (Å²) in [5, 5.41) is 0. The first-order valence-corrected chi connectivity index (χ1v) is 11.0. The summed E-state index contributed by atoms with van der Waals surface area (Å²) in [7, 11) is 1.68. The summed E-state index contributed by atoms with van der Waals surface area (Å²) in [5.74, 6) is 0.856. The molecule has 0 unspecified atom stereocenters. The maximum absolute atomic E-state index is 5.27. The summed E-state index contributed by atoms with van der Waals surface area (Å²) in [6, 6.07) is 20.6. The standard InChI is InChI=1S/C20H15Br4NO/c1-26-16-6-2-13(3-7-16)12-25(19-8-4-14(21)10-17(19)23)20-9-5-15(22)11-18(20)24/h2-11H,12H2,1H3. The van der Waals surface area contributed by atoms with Crippen LogP contribution in [0.25, 0.3) is 0 Å². The molecule has 0 fully saturated rings. The van der Waals surface area contributed by atoms with E-state index in [9.17, 15) is 0 Å². The predicted molar refractivity (Wildman–Crippen MR) is 123 cm³/mol. The van der Waals surface area contributed by atoms with Crippen molar-refractivity contribution < 1.29 is 4.74 Å². The predicted octanol–water partition coefficient (Wildman–Crippen LogP) is 8.08. The molecule has 0 heterocycles. The Hall–Kier alpha value is -0.820. The van der Waals surface area contributed by atoms with Crippen molar-refractivity contribution in [2.45, 2.75) is 6.54 Å². The molecule has 2 nitrogen and oxygen atoms in total. The highest BCUT2D eigenvalue weighted by atomic mass is 79.9. The number of rotatable bonds is 5. The monoisotopic (exact) mass is 601 g/mol. The average Bonchev–Trinajstić information content (AvgIpc) is 2.61. The number of halogens is 4. The molecule has 0 aliphatic carbocycles. The summed E-state index contributed by atoms with van der Waals surface area (Å²) in [5.41, 5.74) is 3.37. The number of hydrogen-bond donors (Lipinski definition) is 0. The maximum atomic E-state index is 5.27. The van der Waals surface area contributed by atoms with Crippen LogP contribution in [0.2, 0.25) is 0 Å². The van der Waals surface area contributed by atoms with Gasteiger partial charge in [-0.3, -0.25) is 0 Å². The maximum Gasteiger partial charge on any atom is 0.118 e. The molecule has 0 aromatic heterocycles. The lowest BCUT2D eigenvalue weighted by molar-refractivity contribution is 0.414. The van der Waals surface area contributed by atoms with Crippen molar-refractivity contribution in [3.63, 3.8) is 0 Å². The lowest BCUT2D eigenvalue weighted by atomic mass is 10.1. The van der Waals surface area contributed by atoms with Crippen LogP contribution in [0.1, 0.15) is 5.56 Å². The number of hydrogen-bond acceptors (Lipinski definition) is 2. The molecule has 0 radical (unpaired) electrons. The second-order valence-electron chi connectivity index (χ2n) is 5.63. The number of methoxy groups -OCH3 is 1. The molecule has 3 rings (SSSR count). The van der Waals surface area contributed by atoms with Crippen LogP contribution in [-0.2, 0) is 6.54 Å². The topological polar surface area (TPSA) is 12.5 Å². The van der Waals surface area contributed by atoms with E-state index in [-0.39, 0.29) is 0 Å². The van der Waals surface area contributed by atoms with Crippen molar-refractivity contribution in [3.05, 3.63) is 84.1 Å². The second-order valence-corrected chi connectivity index (χ2v) is 9.17. The van der Waals surface area contributed by atoms with Gasteiger partial charge in [0.25, 0.3) is 0 Å². The van der Waals surface area contributed by atoms with E-state index < -0.39 is 0 Å². The Balaban J connectivity index is 2.05. The molecule has 3 aromatic rings. The minimum atomic E-state index is 0.727. The number of anilines is 2. The molecular weight excluding hydrogens is 590 g/mol. The zero-order chi connectivity index (χ0) is 18.7. The highest BCUT2D eigenvalue weighted by molar-refractivity contribution is 9.11. The van der Waals surface area contributed by atoms with Crippen LogP contribution in [0.5, 0.6) is 5.75 Å². The first kappa shape index (κ1) is 19.9. The molecule has 0 saturated heterocycles. The van der Waals surface area contributed by atoms with Gasteiger partial charge in [-0.2, -0.15) is 0 Å². The van der Waals surface area contributed by atoms with Crippen LogP contribution in [-0.4, -0.2) is 7.11 Å². The Labute approximate surface area is 187 Å². The van der Waals surface area contributed by atoms with Gasteiger partial charge in [-0.05, 0) is 86.0 Å². The third-order valence-corrected chi connectivity index (χ3v) is 6.16. The van der Waals surface area contributed by atoms with E-state index in [1.807, 2.05) is 24.3 Å². The number of benzene rings is 3. The van der Waals surface area contributed by atoms with Crippen molar-refractivity contribution in [1.29, 1.82) is 0 Å². The molecule has 0 bridgehead atoms. The summed E-state index contributed by atoms with van der Waals surface area (Å²) in [6.07, 6.45) is 0. The summed E-state index contributed by atoms with van der Waals surface area (Å²) >= 11 is 14.5. The van der Waals surface area contributed by atoms with Crippen molar-refractivity contribution in [3.8, 4) is 5.75 Å². The van der Waals surface area contributed by atoms with Crippen molar-refractivity contribution in [2.24, 2.45) is 0 Å². The molecular formula is C20H15Br4NO. The van der Waals surface area contributed by atoms with Crippen molar-refractivity contribution in [1.82, 2.24) is 0 Å². The molecule has 134 valence electrons. The molecule has 0 aliphatic rings. The molecule has 0 atom stereocenters. The second kappa shape index (κ2) is 8.91. The van der Waals surface area contributed by atoms with Gasteiger partial charge >= 0.3 is 0 Å². The molecule has 3 aromatic carbocycles. The zero-order valence-corrected chi connectivity index (χ0v) is 20.2. The fraction of sp³-hybridized carbons (Fsp3) is 0.100. The third kappa shape index (κ3) is 4.71. The van der Waals surface area contributed by atoms with E-state index in [1.165, 1.54) is 5.56 Å². The Morgan fingerprint density at radius 3 is 1.65 bits per heavy atom. The molecule has 6 heteroatoms. The van der Waals surface area contributed by atoms with Gasteiger partial charge in [-0.25, -0.2) is 0 Å². The van der Waals surface area contributed by atoms with E-state index in [2.05, 4.69) is 105 Å². The number of ether oxygens (including phenoxy) is 1. The van der Waals surface area contributed by atoms with Gasteiger partial charge in [0.15, 0.2) is 0 Å². The fourth-order valence-electron chi connectivity index (χ4n) is 2.61.